The van der Waals surface area contributed by atoms with E-state index in [1.807, 2.05) is 18.2 Å². The molecular formula is C21H19BrN2O5S2. The molecule has 162 valence electrons. The van der Waals surface area contributed by atoms with E-state index in [0.29, 0.717) is 20.8 Å². The monoisotopic (exact) mass is 522 g/mol. The number of para-hydroxylation sites is 2. The number of amides is 1. The minimum Gasteiger partial charge on any atom is -0.486 e. The van der Waals surface area contributed by atoms with Gasteiger partial charge >= 0.3 is 0 Å². The molecule has 0 saturated carbocycles. The van der Waals surface area contributed by atoms with Gasteiger partial charge in [-0.15, -0.1) is 11.3 Å². The summed E-state index contributed by atoms with van der Waals surface area (Å²) in [5, 5.41) is 2.78. The molecule has 1 aliphatic heterocycles. The molecule has 1 aromatic heterocycles. The van der Waals surface area contributed by atoms with Crippen LogP contribution in [0.4, 0.5) is 0 Å². The second-order valence-electron chi connectivity index (χ2n) is 6.77. The van der Waals surface area contributed by atoms with Crippen molar-refractivity contribution in [1.29, 1.82) is 0 Å². The van der Waals surface area contributed by atoms with Crippen LogP contribution in [0.1, 0.15) is 11.6 Å². The second-order valence-corrected chi connectivity index (χ2v) is 11.2. The normalized spacial score (nSPS) is 16.5. The maximum Gasteiger partial charge on any atom is 0.251 e. The van der Waals surface area contributed by atoms with Gasteiger partial charge in [0.05, 0.1) is 10.3 Å². The van der Waals surface area contributed by atoms with Gasteiger partial charge < -0.3 is 14.8 Å². The van der Waals surface area contributed by atoms with Crippen LogP contribution in [0.25, 0.3) is 0 Å². The fraction of sp³-hybridized carbons (Fsp3) is 0.190. The summed E-state index contributed by atoms with van der Waals surface area (Å²) in [6, 6.07) is 18.0. The van der Waals surface area contributed by atoms with Crippen molar-refractivity contribution in [3.05, 3.63) is 76.1 Å². The number of carbonyl (C=O) groups excluding carboxylic acids is 1. The molecule has 0 saturated heterocycles. The molecule has 0 unspecified atom stereocenters. The van der Waals surface area contributed by atoms with Crippen molar-refractivity contribution in [3.63, 3.8) is 0 Å². The van der Waals surface area contributed by atoms with Crippen LogP contribution >= 0.6 is 27.3 Å². The number of fused-ring (bicyclic) bond motifs is 1. The Hall–Kier alpha value is -2.40. The number of nitrogens with one attached hydrogen (secondary N) is 2. The average Bonchev–Trinajstić information content (AvgIpc) is 3.24. The second kappa shape index (κ2) is 9.39. The zero-order valence-corrected chi connectivity index (χ0v) is 19.4. The molecule has 1 aliphatic rings. The zero-order chi connectivity index (χ0) is 21.8. The van der Waals surface area contributed by atoms with Crippen LogP contribution in [-0.4, -0.2) is 33.6 Å². The number of thiophene rings is 1. The van der Waals surface area contributed by atoms with Crippen LogP contribution in [0, 0.1) is 0 Å². The lowest BCUT2D eigenvalue weighted by atomic mass is 10.1. The van der Waals surface area contributed by atoms with E-state index in [9.17, 15) is 13.2 Å². The van der Waals surface area contributed by atoms with E-state index in [2.05, 4.69) is 26.0 Å². The van der Waals surface area contributed by atoms with Crippen LogP contribution in [0.15, 0.2) is 74.7 Å². The maximum atomic E-state index is 13.0. The van der Waals surface area contributed by atoms with Crippen molar-refractivity contribution in [2.24, 2.45) is 0 Å². The number of rotatable bonds is 7. The highest BCUT2D eigenvalue weighted by Crippen LogP contribution is 2.31. The largest absolute Gasteiger partial charge is 0.486 e. The van der Waals surface area contributed by atoms with E-state index in [4.69, 9.17) is 9.47 Å². The highest BCUT2D eigenvalue weighted by Gasteiger charge is 2.29. The minimum absolute atomic E-state index is 0.119. The van der Waals surface area contributed by atoms with Gasteiger partial charge in [-0.05, 0) is 45.8 Å². The molecule has 0 fully saturated rings. The summed E-state index contributed by atoms with van der Waals surface area (Å²) in [6.07, 6.45) is -0.389. The molecule has 10 heteroatoms. The predicted octanol–water partition coefficient (Wildman–Crippen LogP) is 3.49. The third-order valence-corrected chi connectivity index (χ3v) is 8.09. The number of hydrogen-bond acceptors (Lipinski definition) is 6. The van der Waals surface area contributed by atoms with Gasteiger partial charge in [-0.2, -0.15) is 4.72 Å². The fourth-order valence-corrected chi connectivity index (χ4v) is 6.26. The lowest BCUT2D eigenvalue weighted by molar-refractivity contribution is -0.123. The molecule has 0 radical (unpaired) electrons. The summed E-state index contributed by atoms with van der Waals surface area (Å²) in [5.74, 6) is 0.784. The van der Waals surface area contributed by atoms with Crippen molar-refractivity contribution in [2.45, 2.75) is 16.4 Å². The van der Waals surface area contributed by atoms with E-state index < -0.39 is 22.0 Å². The van der Waals surface area contributed by atoms with Crippen LogP contribution in [0.2, 0.25) is 0 Å². The molecule has 0 bridgehead atoms. The summed E-state index contributed by atoms with van der Waals surface area (Å²) in [5.41, 5.74) is 0.533. The Kier molecular flexibility index (Phi) is 6.61. The number of hydrogen-bond donors (Lipinski definition) is 2. The summed E-state index contributed by atoms with van der Waals surface area (Å²) < 4.78 is 40.5. The Morgan fingerprint density at radius 1 is 1.06 bits per heavy atom. The van der Waals surface area contributed by atoms with Crippen molar-refractivity contribution in [1.82, 2.24) is 10.0 Å². The van der Waals surface area contributed by atoms with Gasteiger partial charge in [-0.3, -0.25) is 4.79 Å². The van der Waals surface area contributed by atoms with E-state index >= 15 is 0 Å². The highest BCUT2D eigenvalue weighted by molar-refractivity contribution is 9.11. The third-order valence-electron chi connectivity index (χ3n) is 4.55. The highest BCUT2D eigenvalue weighted by atomic mass is 79.9. The van der Waals surface area contributed by atoms with Gasteiger partial charge in [-0.25, -0.2) is 8.42 Å². The third kappa shape index (κ3) is 5.27. The smallest absolute Gasteiger partial charge is 0.251 e. The number of benzene rings is 2. The van der Waals surface area contributed by atoms with Crippen molar-refractivity contribution < 1.29 is 22.7 Å². The SMILES string of the molecule is O=C(NC[C@@H]1COc2ccccc2O1)[C@@H](NS(=O)(=O)c1ccc(Br)s1)c1ccccc1. The van der Waals surface area contributed by atoms with E-state index in [0.717, 1.165) is 11.3 Å². The first-order chi connectivity index (χ1) is 14.9. The molecule has 0 aliphatic carbocycles. The molecule has 1 amide bonds. The lowest BCUT2D eigenvalue weighted by Gasteiger charge is -2.27. The number of halogens is 1. The topological polar surface area (TPSA) is 93.7 Å². The molecule has 2 heterocycles. The molecule has 0 spiro atoms. The molecule has 7 nitrogen and oxygen atoms in total. The average molecular weight is 523 g/mol. The van der Waals surface area contributed by atoms with Gasteiger partial charge in [0.1, 0.15) is 23.0 Å². The zero-order valence-electron chi connectivity index (χ0n) is 16.2. The van der Waals surface area contributed by atoms with Crippen LogP contribution in [0.3, 0.4) is 0 Å². The summed E-state index contributed by atoms with van der Waals surface area (Å²) >= 11 is 4.34. The van der Waals surface area contributed by atoms with Crippen LogP contribution < -0.4 is 19.5 Å². The van der Waals surface area contributed by atoms with Crippen LogP contribution in [-0.2, 0) is 14.8 Å². The Bertz CT molecular complexity index is 1170. The van der Waals surface area contributed by atoms with E-state index in [-0.39, 0.29) is 23.5 Å². The first-order valence-corrected chi connectivity index (χ1v) is 12.5. The summed E-state index contributed by atoms with van der Waals surface area (Å²) in [4.78, 5) is 13.0. The summed E-state index contributed by atoms with van der Waals surface area (Å²) in [6.45, 7) is 0.449. The molecule has 2 N–H and O–H groups in total. The quantitative estimate of drug-likeness (QED) is 0.495. The van der Waals surface area contributed by atoms with Gasteiger partial charge in [0, 0.05) is 0 Å². The first kappa shape index (κ1) is 21.8. The van der Waals surface area contributed by atoms with Gasteiger partial charge in [0.15, 0.2) is 11.5 Å². The standard InChI is InChI=1S/C21H19BrN2O5S2/c22-18-10-11-19(30-18)31(26,27)24-20(14-6-2-1-3-7-14)21(25)23-12-15-13-28-16-8-4-5-9-17(16)29-15/h1-11,15,20,24H,12-13H2,(H,23,25)/t15-,20+/m1/s1. The molecule has 2 atom stereocenters. The molecule has 31 heavy (non-hydrogen) atoms. The van der Waals surface area contributed by atoms with Gasteiger partial charge in [-0.1, -0.05) is 42.5 Å². The Morgan fingerprint density at radius 2 is 1.77 bits per heavy atom. The van der Waals surface area contributed by atoms with Crippen molar-refractivity contribution >= 4 is 43.2 Å². The molecule has 3 aromatic rings. The Balaban J connectivity index is 1.47. The van der Waals surface area contributed by atoms with Crippen molar-refractivity contribution in [3.8, 4) is 11.5 Å². The number of ether oxygens (including phenoxy) is 2. The predicted molar refractivity (Wildman–Crippen MR) is 121 cm³/mol. The Labute approximate surface area is 192 Å². The van der Waals surface area contributed by atoms with E-state index in [1.165, 1.54) is 6.07 Å². The van der Waals surface area contributed by atoms with Gasteiger partial charge in [0.25, 0.3) is 10.0 Å². The lowest BCUT2D eigenvalue weighted by Crippen LogP contribution is -2.45. The fourth-order valence-electron chi connectivity index (χ4n) is 3.05. The number of sulfonamides is 1. The number of carbonyl (C=O) groups is 1. The molecule has 4 rings (SSSR count). The van der Waals surface area contributed by atoms with Crippen LogP contribution in [0.5, 0.6) is 11.5 Å². The van der Waals surface area contributed by atoms with Crippen molar-refractivity contribution in [2.75, 3.05) is 13.2 Å². The molecule has 2 aromatic carbocycles. The Morgan fingerprint density at radius 3 is 2.48 bits per heavy atom. The molecular weight excluding hydrogens is 504 g/mol. The summed E-state index contributed by atoms with van der Waals surface area (Å²) in [7, 11) is -3.89. The van der Waals surface area contributed by atoms with E-state index in [1.54, 1.807) is 42.5 Å². The van der Waals surface area contributed by atoms with Gasteiger partial charge in [0.2, 0.25) is 5.91 Å². The first-order valence-electron chi connectivity index (χ1n) is 9.41. The minimum atomic E-state index is -3.89. The maximum absolute atomic E-state index is 13.0.